The van der Waals surface area contributed by atoms with Gasteiger partial charge in [0.15, 0.2) is 0 Å². The molecule has 1 atom stereocenters. The summed E-state index contributed by atoms with van der Waals surface area (Å²) >= 11 is 0. The molecule has 1 aromatic carbocycles. The molecule has 200 valence electrons. The van der Waals surface area contributed by atoms with E-state index in [2.05, 4.69) is 20.3 Å². The van der Waals surface area contributed by atoms with Gasteiger partial charge in [-0.05, 0) is 61.9 Å². The van der Waals surface area contributed by atoms with Crippen molar-refractivity contribution >= 4 is 23.7 Å². The Bertz CT molecular complexity index is 1380. The number of ether oxygens (including phenoxy) is 2. The van der Waals surface area contributed by atoms with Gasteiger partial charge in [0.1, 0.15) is 5.69 Å². The van der Waals surface area contributed by atoms with Gasteiger partial charge in [-0.25, -0.2) is 11.2 Å². The van der Waals surface area contributed by atoms with Gasteiger partial charge < -0.3 is 25.6 Å². The highest BCUT2D eigenvalue weighted by Crippen LogP contribution is 2.34. The van der Waals surface area contributed by atoms with Crippen molar-refractivity contribution in [2.24, 2.45) is 0 Å². The number of aromatic nitrogens is 3. The van der Waals surface area contributed by atoms with Gasteiger partial charge >= 0.3 is 0 Å². The molecular weight excluding hydrogens is 492 g/mol. The van der Waals surface area contributed by atoms with E-state index in [-0.39, 0.29) is 23.4 Å². The fraction of sp³-hybridized carbons (Fsp3) is 0.345. The molecule has 10 nitrogen and oxygen atoms in total. The summed E-state index contributed by atoms with van der Waals surface area (Å²) in [5.41, 5.74) is 4.86. The van der Waals surface area contributed by atoms with Gasteiger partial charge in [0.05, 0.1) is 17.6 Å². The van der Waals surface area contributed by atoms with Gasteiger partial charge in [0.2, 0.25) is 11.8 Å². The third kappa shape index (κ3) is 6.30. The molecule has 2 aromatic heterocycles. The van der Waals surface area contributed by atoms with E-state index in [0.29, 0.717) is 47.2 Å². The van der Waals surface area contributed by atoms with Crippen molar-refractivity contribution < 1.29 is 9.47 Å². The highest BCUT2D eigenvalue weighted by molar-refractivity contribution is 6.05. The molecule has 2 aliphatic rings. The van der Waals surface area contributed by atoms with Crippen molar-refractivity contribution in [3.8, 4) is 11.3 Å². The van der Waals surface area contributed by atoms with Crippen LogP contribution >= 0.6 is 0 Å². The van der Waals surface area contributed by atoms with E-state index in [0.717, 1.165) is 56.4 Å². The van der Waals surface area contributed by atoms with Gasteiger partial charge in [-0.3, -0.25) is 20.8 Å². The van der Waals surface area contributed by atoms with Gasteiger partial charge in [-0.1, -0.05) is 12.1 Å². The van der Waals surface area contributed by atoms with Gasteiger partial charge in [0.25, 0.3) is 0 Å². The summed E-state index contributed by atoms with van der Waals surface area (Å²) in [5.74, 6) is -0.651. The van der Waals surface area contributed by atoms with E-state index in [9.17, 15) is 0 Å². The predicted octanol–water partition coefficient (Wildman–Crippen LogP) is 4.25. The Hall–Kier alpha value is -4.15. The molecular formula is C29H31N8O2-. The summed E-state index contributed by atoms with van der Waals surface area (Å²) in [7, 11) is 0. The first-order chi connectivity index (χ1) is 19.0. The Labute approximate surface area is 227 Å². The van der Waals surface area contributed by atoms with E-state index >= 15 is 0 Å². The maximum atomic E-state index is 9.14. The number of hydrogen-bond donors (Lipinski definition) is 4. The number of nitrogens with zero attached hydrogens (tertiary/aromatic N) is 4. The van der Waals surface area contributed by atoms with E-state index in [1.165, 1.54) is 0 Å². The van der Waals surface area contributed by atoms with Crippen LogP contribution in [0.2, 0.25) is 0 Å². The average Bonchev–Trinajstić information content (AvgIpc) is 2.96. The predicted molar refractivity (Wildman–Crippen MR) is 150 cm³/mol. The largest absolute Gasteiger partial charge is 0.814 e. The minimum absolute atomic E-state index is 0.157. The minimum Gasteiger partial charge on any atom is -0.814 e. The molecule has 0 amide bonds. The molecule has 0 spiro atoms. The topological polar surface area (TPSA) is 163 Å². The van der Waals surface area contributed by atoms with Crippen molar-refractivity contribution in [2.75, 3.05) is 13.2 Å². The lowest BCUT2D eigenvalue weighted by atomic mass is 9.79. The van der Waals surface area contributed by atoms with Crippen LogP contribution in [0.4, 0.5) is 0 Å². The third-order valence-electron chi connectivity index (χ3n) is 7.12. The zero-order valence-corrected chi connectivity index (χ0v) is 21.6. The van der Waals surface area contributed by atoms with E-state index in [1.54, 1.807) is 24.5 Å². The molecule has 2 fully saturated rings. The fourth-order valence-electron chi connectivity index (χ4n) is 4.68. The van der Waals surface area contributed by atoms with Crippen LogP contribution in [0.1, 0.15) is 59.8 Å². The van der Waals surface area contributed by atoms with Crippen LogP contribution < -0.4 is 5.32 Å². The Morgan fingerprint density at radius 2 is 1.87 bits per heavy atom. The van der Waals surface area contributed by atoms with Crippen LogP contribution in [0, 0.1) is 16.2 Å². The van der Waals surface area contributed by atoms with Crippen molar-refractivity contribution in [2.45, 2.75) is 50.6 Å². The van der Waals surface area contributed by atoms with Gasteiger partial charge in [-0.2, -0.15) is 0 Å². The van der Waals surface area contributed by atoms with Crippen molar-refractivity contribution in [1.82, 2.24) is 20.3 Å². The Morgan fingerprint density at radius 1 is 1.08 bits per heavy atom. The van der Waals surface area contributed by atoms with Crippen molar-refractivity contribution in [3.63, 3.8) is 0 Å². The molecule has 1 saturated heterocycles. The molecule has 4 N–H and O–H groups in total. The molecule has 3 aromatic rings. The Kier molecular flexibility index (Phi) is 8.24. The summed E-state index contributed by atoms with van der Waals surface area (Å²) in [6.45, 7) is 2.32. The molecule has 1 saturated carbocycles. The number of benzene rings is 1. The summed E-state index contributed by atoms with van der Waals surface area (Å²) in [4.78, 5) is 13.5. The van der Waals surface area contributed by atoms with Crippen LogP contribution in [0.3, 0.4) is 0 Å². The van der Waals surface area contributed by atoms with Crippen LogP contribution in [-0.4, -0.2) is 57.9 Å². The molecule has 1 aliphatic carbocycles. The number of nitrogens with one attached hydrogen (secondary N) is 4. The molecule has 5 rings (SSSR count). The Morgan fingerprint density at radius 3 is 2.56 bits per heavy atom. The normalized spacial score (nSPS) is 17.3. The zero-order chi connectivity index (χ0) is 27.2. The minimum atomic E-state index is -0.285. The second-order valence-electron chi connectivity index (χ2n) is 9.75. The Balaban J connectivity index is 1.31. The van der Waals surface area contributed by atoms with Crippen LogP contribution in [0.15, 0.2) is 48.8 Å². The smallest absolute Gasteiger partial charge is 0.241 e. The van der Waals surface area contributed by atoms with E-state index in [4.69, 9.17) is 31.1 Å². The van der Waals surface area contributed by atoms with Crippen molar-refractivity contribution in [1.29, 1.82) is 16.2 Å². The second-order valence-corrected chi connectivity index (χ2v) is 9.75. The summed E-state index contributed by atoms with van der Waals surface area (Å²) in [6.07, 6.45) is 8.07. The quantitative estimate of drug-likeness (QED) is 0.242. The van der Waals surface area contributed by atoms with Gasteiger partial charge in [0, 0.05) is 60.4 Å². The van der Waals surface area contributed by atoms with Crippen LogP contribution in [0.25, 0.3) is 16.7 Å². The first-order valence-electron chi connectivity index (χ1n) is 13.1. The van der Waals surface area contributed by atoms with Crippen LogP contribution in [0.5, 0.6) is 0 Å². The van der Waals surface area contributed by atoms with Gasteiger partial charge in [-0.15, -0.1) is 0 Å². The maximum Gasteiger partial charge on any atom is 0.241 e. The number of hydrogen-bond acceptors (Lipinski definition) is 9. The molecule has 1 aliphatic heterocycles. The highest BCUT2D eigenvalue weighted by atomic mass is 16.5. The fourth-order valence-corrected chi connectivity index (χ4v) is 4.68. The lowest BCUT2D eigenvalue weighted by molar-refractivity contribution is 0.0776. The maximum absolute atomic E-state index is 9.14. The second kappa shape index (κ2) is 12.1. The molecule has 39 heavy (non-hydrogen) atoms. The standard InChI is InChI=1S/C29H31N8O2/c30-11-7-22-15-20(8-12-34-22)25-17-36-26(23-5-6-24(23)31)27(37-25)29(33)39-28(32)19-3-1-18(2-4-19)16-35-21-9-13-38-14-10-21/h1-4,8,11-12,15,17,21,23,31-33,35H,5-7,9-10,13-14,16H2/q-1/t23-/m1/s1. The van der Waals surface area contributed by atoms with E-state index in [1.807, 2.05) is 24.3 Å². The zero-order valence-electron chi connectivity index (χ0n) is 21.6. The first-order valence-corrected chi connectivity index (χ1v) is 13.1. The lowest BCUT2D eigenvalue weighted by Crippen LogP contribution is -2.34. The molecule has 0 unspecified atom stereocenters. The number of pyridine rings is 1. The monoisotopic (exact) mass is 523 g/mol. The molecule has 0 bridgehead atoms. The van der Waals surface area contributed by atoms with Crippen molar-refractivity contribution in [3.05, 3.63) is 82.4 Å². The van der Waals surface area contributed by atoms with E-state index < -0.39 is 0 Å². The first kappa shape index (κ1) is 26.5. The summed E-state index contributed by atoms with van der Waals surface area (Å²) in [5, 5.41) is 38.1. The molecule has 10 heteroatoms. The average molecular weight is 524 g/mol. The summed E-state index contributed by atoms with van der Waals surface area (Å²) < 4.78 is 11.1. The SMILES string of the molecule is [N-]=CCc1cc(-c2cnc([C@@H]3CCC3=N)c(C(=N)OC(=N)c3ccc(CNC4CCOCC4)cc3)n2)ccn1. The van der Waals surface area contributed by atoms with Crippen LogP contribution in [-0.2, 0) is 22.4 Å². The number of rotatable bonds is 9. The summed E-state index contributed by atoms with van der Waals surface area (Å²) in [6, 6.07) is 11.6. The highest BCUT2D eigenvalue weighted by Gasteiger charge is 2.32. The lowest BCUT2D eigenvalue weighted by Gasteiger charge is -2.27. The molecule has 0 radical (unpaired) electrons. The third-order valence-corrected chi connectivity index (χ3v) is 7.12. The molecule has 3 heterocycles.